The molecule has 0 saturated carbocycles. The number of aromatic nitrogens is 3. The highest BCUT2D eigenvalue weighted by molar-refractivity contribution is 7.09. The van der Waals surface area contributed by atoms with Gasteiger partial charge in [-0.25, -0.2) is 4.98 Å². The molecule has 1 N–H and O–H groups in total. The van der Waals surface area contributed by atoms with E-state index in [4.69, 9.17) is 4.74 Å². The summed E-state index contributed by atoms with van der Waals surface area (Å²) in [5, 5.41) is 15.0. The number of hydrogen-bond donors (Lipinski definition) is 1. The van der Waals surface area contributed by atoms with Crippen LogP contribution in [0.5, 0.6) is 0 Å². The van der Waals surface area contributed by atoms with Crippen molar-refractivity contribution < 1.29 is 4.74 Å². The fourth-order valence-electron chi connectivity index (χ4n) is 3.75. The van der Waals surface area contributed by atoms with Gasteiger partial charge in [-0.05, 0) is 38.4 Å². The van der Waals surface area contributed by atoms with Crippen LogP contribution in [0.3, 0.4) is 0 Å². The van der Waals surface area contributed by atoms with Crippen molar-refractivity contribution in [3.05, 3.63) is 34.4 Å². The molecule has 2 aliphatic heterocycles. The molecule has 2 fully saturated rings. The van der Waals surface area contributed by atoms with Crippen LogP contribution in [-0.4, -0.2) is 51.4 Å². The molecule has 1 spiro atoms. The van der Waals surface area contributed by atoms with Crippen molar-refractivity contribution in [3.63, 3.8) is 0 Å². The predicted molar refractivity (Wildman–Crippen MR) is 94.1 cm³/mol. The fourth-order valence-corrected chi connectivity index (χ4v) is 4.41. The molecule has 2 aliphatic rings. The third kappa shape index (κ3) is 3.58. The average molecular weight is 345 g/mol. The zero-order valence-corrected chi connectivity index (χ0v) is 14.8. The molecule has 4 heterocycles. The maximum absolute atomic E-state index is 6.27. The quantitative estimate of drug-likeness (QED) is 0.918. The van der Waals surface area contributed by atoms with Gasteiger partial charge in [-0.3, -0.25) is 4.90 Å². The van der Waals surface area contributed by atoms with Crippen LogP contribution in [0.15, 0.2) is 23.7 Å². The summed E-state index contributed by atoms with van der Waals surface area (Å²) in [6.45, 7) is 5.74. The van der Waals surface area contributed by atoms with Crippen LogP contribution >= 0.6 is 11.3 Å². The number of aryl methyl sites for hydroxylation is 1. The van der Waals surface area contributed by atoms with E-state index in [1.54, 1.807) is 11.3 Å². The number of anilines is 1. The van der Waals surface area contributed by atoms with Crippen LogP contribution < -0.4 is 5.32 Å². The molecule has 4 rings (SSSR count). The lowest BCUT2D eigenvalue weighted by molar-refractivity contribution is -0.0533. The Labute approximate surface area is 146 Å². The molecule has 24 heavy (non-hydrogen) atoms. The summed E-state index contributed by atoms with van der Waals surface area (Å²) in [7, 11) is 0. The Kier molecular flexibility index (Phi) is 4.47. The van der Waals surface area contributed by atoms with Gasteiger partial charge in [-0.2, -0.15) is 5.10 Å². The van der Waals surface area contributed by atoms with Gasteiger partial charge in [0.1, 0.15) is 10.8 Å². The molecule has 6 nitrogen and oxygen atoms in total. The van der Waals surface area contributed by atoms with E-state index < -0.39 is 0 Å². The van der Waals surface area contributed by atoms with Gasteiger partial charge in [-0.15, -0.1) is 16.4 Å². The first-order valence-electron chi connectivity index (χ1n) is 8.52. The second kappa shape index (κ2) is 6.74. The number of likely N-dealkylation sites (tertiary alicyclic amines) is 1. The van der Waals surface area contributed by atoms with Gasteiger partial charge in [0, 0.05) is 24.5 Å². The molecule has 128 valence electrons. The van der Waals surface area contributed by atoms with Crippen LogP contribution in [0.4, 0.5) is 5.82 Å². The highest BCUT2D eigenvalue weighted by Gasteiger charge is 2.43. The fraction of sp³-hybridized carbons (Fsp3) is 0.588. The molecule has 2 aromatic rings. The summed E-state index contributed by atoms with van der Waals surface area (Å²) in [4.78, 5) is 6.89. The Morgan fingerprint density at radius 3 is 3.17 bits per heavy atom. The first-order valence-corrected chi connectivity index (χ1v) is 9.40. The summed E-state index contributed by atoms with van der Waals surface area (Å²) in [5.74, 6) is 0.835. The number of piperidine rings is 1. The summed E-state index contributed by atoms with van der Waals surface area (Å²) >= 11 is 1.73. The molecular weight excluding hydrogens is 322 g/mol. The number of nitrogens with zero attached hydrogens (tertiary/aromatic N) is 4. The smallest absolute Gasteiger partial charge is 0.148 e. The Balaban J connectivity index is 1.36. The lowest BCUT2D eigenvalue weighted by Crippen LogP contribution is -2.47. The minimum absolute atomic E-state index is 0.0225. The van der Waals surface area contributed by atoms with E-state index in [1.807, 2.05) is 30.6 Å². The maximum atomic E-state index is 6.27. The lowest BCUT2D eigenvalue weighted by atomic mass is 9.88. The first kappa shape index (κ1) is 15.9. The van der Waals surface area contributed by atoms with Crippen LogP contribution in [0.2, 0.25) is 0 Å². The van der Waals surface area contributed by atoms with E-state index in [1.165, 1.54) is 11.4 Å². The minimum atomic E-state index is -0.0225. The summed E-state index contributed by atoms with van der Waals surface area (Å²) in [5.41, 5.74) is 0.912. The number of rotatable bonds is 4. The molecular formula is C17H23N5OS. The molecule has 7 heteroatoms. The van der Waals surface area contributed by atoms with Crippen LogP contribution in [-0.2, 0) is 11.3 Å². The molecule has 0 amide bonds. The highest BCUT2D eigenvalue weighted by Crippen LogP contribution is 2.36. The van der Waals surface area contributed by atoms with Gasteiger partial charge in [0.25, 0.3) is 0 Å². The Bertz CT molecular complexity index is 662. The van der Waals surface area contributed by atoms with Gasteiger partial charge >= 0.3 is 0 Å². The molecule has 0 bridgehead atoms. The van der Waals surface area contributed by atoms with Crippen LogP contribution in [0, 0.1) is 6.92 Å². The molecule has 0 radical (unpaired) electrons. The van der Waals surface area contributed by atoms with Gasteiger partial charge in [-0.1, -0.05) is 0 Å². The molecule has 2 aromatic heterocycles. The molecule has 2 atom stereocenters. The Hall–Kier alpha value is -1.57. The molecule has 0 unspecified atom stereocenters. The van der Waals surface area contributed by atoms with E-state index in [0.29, 0.717) is 6.04 Å². The van der Waals surface area contributed by atoms with Crippen molar-refractivity contribution in [2.45, 2.75) is 44.4 Å². The van der Waals surface area contributed by atoms with Gasteiger partial charge < -0.3 is 10.1 Å². The van der Waals surface area contributed by atoms with E-state index in [-0.39, 0.29) is 5.60 Å². The molecule has 2 saturated heterocycles. The van der Waals surface area contributed by atoms with Gasteiger partial charge in [0.05, 0.1) is 30.5 Å². The summed E-state index contributed by atoms with van der Waals surface area (Å²) in [6, 6.07) is 4.28. The van der Waals surface area contributed by atoms with Crippen molar-refractivity contribution >= 4 is 17.2 Å². The zero-order valence-electron chi connectivity index (χ0n) is 13.9. The van der Waals surface area contributed by atoms with Crippen molar-refractivity contribution in [2.75, 3.05) is 25.0 Å². The average Bonchev–Trinajstić information content (AvgIpc) is 3.21. The predicted octanol–water partition coefficient (Wildman–Crippen LogP) is 2.48. The number of hydrogen-bond acceptors (Lipinski definition) is 7. The summed E-state index contributed by atoms with van der Waals surface area (Å²) in [6.07, 6.45) is 5.23. The topological polar surface area (TPSA) is 63.2 Å². The largest absolute Gasteiger partial charge is 0.371 e. The van der Waals surface area contributed by atoms with E-state index in [9.17, 15) is 0 Å². The zero-order chi connectivity index (χ0) is 16.4. The van der Waals surface area contributed by atoms with E-state index >= 15 is 0 Å². The third-order valence-electron chi connectivity index (χ3n) is 4.82. The lowest BCUT2D eigenvalue weighted by Gasteiger charge is -2.39. The molecule has 0 aromatic carbocycles. The van der Waals surface area contributed by atoms with Gasteiger partial charge in [0.2, 0.25) is 0 Å². The normalized spacial score (nSPS) is 27.6. The third-order valence-corrected chi connectivity index (χ3v) is 5.58. The van der Waals surface area contributed by atoms with Crippen molar-refractivity contribution in [3.8, 4) is 0 Å². The number of ether oxygens (including phenoxy) is 1. The van der Waals surface area contributed by atoms with Crippen molar-refractivity contribution in [1.29, 1.82) is 0 Å². The Morgan fingerprint density at radius 1 is 1.42 bits per heavy atom. The van der Waals surface area contributed by atoms with E-state index in [2.05, 4.69) is 25.4 Å². The monoisotopic (exact) mass is 345 g/mol. The second-order valence-corrected chi connectivity index (χ2v) is 7.82. The maximum Gasteiger partial charge on any atom is 0.148 e. The van der Waals surface area contributed by atoms with Crippen molar-refractivity contribution in [1.82, 2.24) is 20.1 Å². The van der Waals surface area contributed by atoms with Gasteiger partial charge in [0.15, 0.2) is 0 Å². The van der Waals surface area contributed by atoms with E-state index in [0.717, 1.165) is 50.6 Å². The van der Waals surface area contributed by atoms with Crippen LogP contribution in [0.1, 0.15) is 30.0 Å². The minimum Gasteiger partial charge on any atom is -0.371 e. The standard InChI is InChI=1S/C17H23N5OS/c1-13-3-4-15(21-20-13)19-14-9-17(23-11-14)5-2-7-22(12-17)10-16-18-6-8-24-16/h3-4,6,8,14H,2,5,7,9-12H2,1H3,(H,19,21)/t14-,17+/m1/s1. The number of nitrogens with one attached hydrogen (secondary N) is 1. The highest BCUT2D eigenvalue weighted by atomic mass is 32.1. The SMILES string of the molecule is Cc1ccc(N[C@H]2CO[C@@]3(CCCN(Cc4nccs4)C3)C2)nn1. The number of thiazole rings is 1. The van der Waals surface area contributed by atoms with Crippen molar-refractivity contribution in [2.24, 2.45) is 0 Å². The molecule has 0 aliphatic carbocycles. The Morgan fingerprint density at radius 2 is 2.38 bits per heavy atom. The summed E-state index contributed by atoms with van der Waals surface area (Å²) < 4.78 is 6.27. The first-order chi connectivity index (χ1) is 11.7. The second-order valence-electron chi connectivity index (χ2n) is 6.84. The van der Waals surface area contributed by atoms with Crippen LogP contribution in [0.25, 0.3) is 0 Å².